The fourth-order valence-electron chi connectivity index (χ4n) is 3.94. The molecule has 2 heteroatoms. The topological polar surface area (TPSA) is 29.3 Å². The van der Waals surface area contributed by atoms with Gasteiger partial charge in [-0.15, -0.1) is 0 Å². The molecule has 0 radical (unpaired) electrons. The van der Waals surface area contributed by atoms with Gasteiger partial charge in [-0.1, -0.05) is 37.6 Å². The second kappa shape index (κ2) is 4.92. The Morgan fingerprint density at radius 2 is 2.00 bits per heavy atom. The van der Waals surface area contributed by atoms with E-state index in [9.17, 15) is 0 Å². The highest BCUT2D eigenvalue weighted by molar-refractivity contribution is 5.39. The molecule has 2 N–H and O–H groups in total. The zero-order valence-corrected chi connectivity index (χ0v) is 12.2. The lowest BCUT2D eigenvalue weighted by Crippen LogP contribution is -2.56. The summed E-state index contributed by atoms with van der Waals surface area (Å²) in [6.45, 7) is 3.09. The summed E-state index contributed by atoms with van der Waals surface area (Å²) in [6, 6.07) is 9.71. The lowest BCUT2D eigenvalue weighted by atomic mass is 9.70. The Hall–Kier alpha value is -0.860. The van der Waals surface area contributed by atoms with E-state index in [4.69, 9.17) is 5.73 Å². The molecular formula is C17H26N2. The molecule has 0 amide bonds. The molecule has 0 heterocycles. The average Bonchev–Trinajstić information content (AvgIpc) is 2.38. The highest BCUT2D eigenvalue weighted by Gasteiger charge is 2.44. The average molecular weight is 258 g/mol. The van der Waals surface area contributed by atoms with Crippen molar-refractivity contribution in [3.05, 3.63) is 35.4 Å². The molecule has 1 aromatic rings. The fourth-order valence-corrected chi connectivity index (χ4v) is 3.94. The number of likely N-dealkylation sites (N-methyl/N-ethyl adjacent to an activating group) is 1. The second-order valence-corrected chi connectivity index (χ2v) is 6.46. The van der Waals surface area contributed by atoms with E-state index in [1.807, 2.05) is 0 Å². The molecular weight excluding hydrogens is 232 g/mol. The summed E-state index contributed by atoms with van der Waals surface area (Å²) in [6.07, 6.45) is 6.53. The zero-order valence-electron chi connectivity index (χ0n) is 12.2. The molecule has 2 nitrogen and oxygen atoms in total. The third-order valence-electron chi connectivity index (χ3n) is 5.62. The first-order valence-electron chi connectivity index (χ1n) is 7.71. The monoisotopic (exact) mass is 258 g/mol. The van der Waals surface area contributed by atoms with Crippen molar-refractivity contribution in [2.75, 3.05) is 13.6 Å². The summed E-state index contributed by atoms with van der Waals surface area (Å²) >= 11 is 0. The molecule has 1 aromatic carbocycles. The van der Waals surface area contributed by atoms with Crippen molar-refractivity contribution < 1.29 is 0 Å². The standard InChI is InChI=1S/C17H26N2/c1-13-10-11-17(12-18,19(2)14-6-5-7-14)16-9-4-3-8-15(13)16/h3-4,8-9,13-14H,5-7,10-12,18H2,1-2H3. The van der Waals surface area contributed by atoms with E-state index in [0.29, 0.717) is 5.92 Å². The van der Waals surface area contributed by atoms with Crippen molar-refractivity contribution in [3.63, 3.8) is 0 Å². The van der Waals surface area contributed by atoms with Crippen LogP contribution in [0.1, 0.15) is 56.1 Å². The van der Waals surface area contributed by atoms with E-state index >= 15 is 0 Å². The van der Waals surface area contributed by atoms with E-state index < -0.39 is 0 Å². The normalized spacial score (nSPS) is 31.1. The summed E-state index contributed by atoms with van der Waals surface area (Å²) < 4.78 is 0. The van der Waals surface area contributed by atoms with Crippen molar-refractivity contribution in [2.45, 2.75) is 56.5 Å². The van der Waals surface area contributed by atoms with Crippen molar-refractivity contribution >= 4 is 0 Å². The maximum Gasteiger partial charge on any atom is 0.0586 e. The number of fused-ring (bicyclic) bond motifs is 1. The van der Waals surface area contributed by atoms with Gasteiger partial charge in [-0.25, -0.2) is 0 Å². The van der Waals surface area contributed by atoms with Crippen molar-refractivity contribution in [1.29, 1.82) is 0 Å². The minimum absolute atomic E-state index is 0.0776. The first-order valence-corrected chi connectivity index (χ1v) is 7.71. The molecule has 0 aliphatic heterocycles. The zero-order chi connectivity index (χ0) is 13.5. The highest BCUT2D eigenvalue weighted by Crippen LogP contribution is 2.46. The number of nitrogens with zero attached hydrogens (tertiary/aromatic N) is 1. The molecule has 2 aliphatic rings. The molecule has 2 aliphatic carbocycles. The van der Waals surface area contributed by atoms with Crippen LogP contribution in [-0.2, 0) is 5.54 Å². The number of hydrogen-bond acceptors (Lipinski definition) is 2. The van der Waals surface area contributed by atoms with Crippen LogP contribution in [0.25, 0.3) is 0 Å². The quantitative estimate of drug-likeness (QED) is 0.902. The van der Waals surface area contributed by atoms with Gasteiger partial charge in [0.05, 0.1) is 5.54 Å². The Labute approximate surface area is 117 Å². The smallest absolute Gasteiger partial charge is 0.0586 e. The first kappa shape index (κ1) is 13.1. The van der Waals surface area contributed by atoms with Crippen molar-refractivity contribution in [1.82, 2.24) is 4.90 Å². The third kappa shape index (κ3) is 1.93. The maximum atomic E-state index is 6.27. The van der Waals surface area contributed by atoms with Crippen LogP contribution in [0.4, 0.5) is 0 Å². The maximum absolute atomic E-state index is 6.27. The second-order valence-electron chi connectivity index (χ2n) is 6.46. The molecule has 19 heavy (non-hydrogen) atoms. The Kier molecular flexibility index (Phi) is 3.40. The molecule has 1 saturated carbocycles. The van der Waals surface area contributed by atoms with E-state index in [2.05, 4.69) is 43.1 Å². The van der Waals surface area contributed by atoms with Crippen molar-refractivity contribution in [3.8, 4) is 0 Å². The van der Waals surface area contributed by atoms with Gasteiger partial charge in [0.1, 0.15) is 0 Å². The van der Waals surface area contributed by atoms with E-state index in [1.54, 1.807) is 0 Å². The molecule has 0 bridgehead atoms. The van der Waals surface area contributed by atoms with Crippen LogP contribution < -0.4 is 5.73 Å². The Balaban J connectivity index is 2.03. The largest absolute Gasteiger partial charge is 0.328 e. The molecule has 3 rings (SSSR count). The molecule has 0 saturated heterocycles. The van der Waals surface area contributed by atoms with Gasteiger partial charge in [0.2, 0.25) is 0 Å². The van der Waals surface area contributed by atoms with Gasteiger partial charge in [-0.2, -0.15) is 0 Å². The molecule has 0 aromatic heterocycles. The van der Waals surface area contributed by atoms with Gasteiger partial charge in [0.15, 0.2) is 0 Å². The fraction of sp³-hybridized carbons (Fsp3) is 0.647. The highest BCUT2D eigenvalue weighted by atomic mass is 15.2. The number of benzene rings is 1. The lowest BCUT2D eigenvalue weighted by molar-refractivity contribution is 0.0210. The number of hydrogen-bond donors (Lipinski definition) is 1. The predicted molar refractivity (Wildman–Crippen MR) is 80.2 cm³/mol. The van der Waals surface area contributed by atoms with Gasteiger partial charge >= 0.3 is 0 Å². The van der Waals surface area contributed by atoms with Gasteiger partial charge in [-0.05, 0) is 49.8 Å². The summed E-state index contributed by atoms with van der Waals surface area (Å²) in [5.74, 6) is 0.672. The molecule has 1 fully saturated rings. The van der Waals surface area contributed by atoms with Crippen LogP contribution in [0.2, 0.25) is 0 Å². The molecule has 0 spiro atoms. The Morgan fingerprint density at radius 1 is 1.26 bits per heavy atom. The Morgan fingerprint density at radius 3 is 2.63 bits per heavy atom. The van der Waals surface area contributed by atoms with E-state index in [0.717, 1.165) is 12.6 Å². The van der Waals surface area contributed by atoms with Crippen LogP contribution in [0, 0.1) is 0 Å². The molecule has 2 unspecified atom stereocenters. The SMILES string of the molecule is CC1CCC(CN)(N(C)C2CCC2)c2ccccc21. The number of rotatable bonds is 3. The Bertz CT molecular complexity index is 452. The van der Waals surface area contributed by atoms with Gasteiger partial charge in [-0.3, -0.25) is 4.90 Å². The van der Waals surface area contributed by atoms with Crippen LogP contribution in [-0.4, -0.2) is 24.5 Å². The van der Waals surface area contributed by atoms with Crippen LogP contribution in [0.15, 0.2) is 24.3 Å². The summed E-state index contributed by atoms with van der Waals surface area (Å²) in [4.78, 5) is 2.60. The molecule has 2 atom stereocenters. The lowest BCUT2D eigenvalue weighted by Gasteiger charge is -2.52. The number of nitrogens with two attached hydrogens (primary N) is 1. The van der Waals surface area contributed by atoms with Gasteiger partial charge in [0, 0.05) is 12.6 Å². The van der Waals surface area contributed by atoms with Crippen LogP contribution in [0.3, 0.4) is 0 Å². The third-order valence-corrected chi connectivity index (χ3v) is 5.62. The summed E-state index contributed by atoms with van der Waals surface area (Å²) in [5.41, 5.74) is 9.36. The van der Waals surface area contributed by atoms with E-state index in [-0.39, 0.29) is 5.54 Å². The van der Waals surface area contributed by atoms with Gasteiger partial charge < -0.3 is 5.73 Å². The minimum atomic E-state index is 0.0776. The van der Waals surface area contributed by atoms with E-state index in [1.165, 1.54) is 43.2 Å². The summed E-state index contributed by atoms with van der Waals surface area (Å²) in [5, 5.41) is 0. The molecule has 104 valence electrons. The van der Waals surface area contributed by atoms with Crippen LogP contribution in [0.5, 0.6) is 0 Å². The first-order chi connectivity index (χ1) is 9.19. The van der Waals surface area contributed by atoms with Gasteiger partial charge in [0.25, 0.3) is 0 Å². The predicted octanol–water partition coefficient (Wildman–Crippen LogP) is 3.22. The van der Waals surface area contributed by atoms with Crippen molar-refractivity contribution in [2.24, 2.45) is 5.73 Å². The summed E-state index contributed by atoms with van der Waals surface area (Å²) in [7, 11) is 2.30. The van der Waals surface area contributed by atoms with Crippen LogP contribution >= 0.6 is 0 Å². The minimum Gasteiger partial charge on any atom is -0.328 e.